The second-order valence-corrected chi connectivity index (χ2v) is 3.89. The van der Waals surface area contributed by atoms with Gasteiger partial charge in [-0.15, -0.1) is 0 Å². The van der Waals surface area contributed by atoms with E-state index in [1.165, 1.54) is 0 Å². The molecule has 0 radical (unpaired) electrons. The van der Waals surface area contributed by atoms with Crippen LogP contribution in [-0.2, 0) is 6.42 Å². The number of hydrogen-bond acceptors (Lipinski definition) is 6. The number of aryl methyl sites for hydroxylation is 1. The van der Waals surface area contributed by atoms with Gasteiger partial charge in [0, 0.05) is 19.1 Å². The molecule has 1 unspecified atom stereocenters. The molecule has 1 aliphatic rings. The van der Waals surface area contributed by atoms with Crippen LogP contribution in [0.2, 0.25) is 0 Å². The normalized spacial score (nSPS) is 19.4. The van der Waals surface area contributed by atoms with Crippen LogP contribution in [0.5, 0.6) is 0 Å². The molecule has 0 bridgehead atoms. The van der Waals surface area contributed by atoms with E-state index < -0.39 is 0 Å². The van der Waals surface area contributed by atoms with Crippen LogP contribution in [0.3, 0.4) is 0 Å². The number of rotatable bonds is 3. The molecule has 86 valence electrons. The molecule has 0 amide bonds. The molecule has 1 aromatic heterocycles. The van der Waals surface area contributed by atoms with E-state index in [1.807, 2.05) is 6.21 Å². The third-order valence-corrected chi connectivity index (χ3v) is 2.44. The van der Waals surface area contributed by atoms with E-state index >= 15 is 0 Å². The SMILES string of the molecule is CCCc1nc(N)nc(N2N=CCC2C)n1. The topological polar surface area (TPSA) is 80.3 Å². The summed E-state index contributed by atoms with van der Waals surface area (Å²) in [5, 5.41) is 6.02. The Hall–Kier alpha value is -1.72. The number of nitrogen functional groups attached to an aromatic ring is 1. The van der Waals surface area contributed by atoms with Crippen LogP contribution in [-0.4, -0.2) is 27.2 Å². The second-order valence-electron chi connectivity index (χ2n) is 3.89. The van der Waals surface area contributed by atoms with E-state index in [0.717, 1.165) is 25.1 Å². The number of aromatic nitrogens is 3. The van der Waals surface area contributed by atoms with Gasteiger partial charge in [-0.2, -0.15) is 20.1 Å². The van der Waals surface area contributed by atoms with Gasteiger partial charge >= 0.3 is 0 Å². The Morgan fingerprint density at radius 3 is 2.88 bits per heavy atom. The monoisotopic (exact) mass is 220 g/mol. The lowest BCUT2D eigenvalue weighted by atomic mass is 10.3. The van der Waals surface area contributed by atoms with Crippen molar-refractivity contribution in [1.29, 1.82) is 0 Å². The Morgan fingerprint density at radius 1 is 1.44 bits per heavy atom. The minimum Gasteiger partial charge on any atom is -0.368 e. The summed E-state index contributed by atoms with van der Waals surface area (Å²) in [5.74, 6) is 1.55. The number of anilines is 2. The number of hydrazone groups is 1. The fourth-order valence-corrected chi connectivity index (χ4v) is 1.61. The van der Waals surface area contributed by atoms with Gasteiger partial charge in [0.05, 0.1) is 6.04 Å². The predicted molar refractivity (Wildman–Crippen MR) is 63.3 cm³/mol. The van der Waals surface area contributed by atoms with Crippen molar-refractivity contribution in [2.75, 3.05) is 10.7 Å². The third kappa shape index (κ3) is 2.10. The Bertz CT molecular complexity index is 402. The van der Waals surface area contributed by atoms with E-state index in [9.17, 15) is 0 Å². The van der Waals surface area contributed by atoms with Crippen molar-refractivity contribution in [2.45, 2.75) is 39.2 Å². The van der Waals surface area contributed by atoms with Crippen LogP contribution in [0, 0.1) is 0 Å². The molecular formula is C10H16N6. The van der Waals surface area contributed by atoms with Gasteiger partial charge in [0.1, 0.15) is 5.82 Å². The second kappa shape index (κ2) is 4.42. The van der Waals surface area contributed by atoms with Gasteiger partial charge in [-0.05, 0) is 13.3 Å². The molecule has 1 aromatic rings. The van der Waals surface area contributed by atoms with Crippen LogP contribution < -0.4 is 10.7 Å². The van der Waals surface area contributed by atoms with Crippen LogP contribution in [0.1, 0.15) is 32.5 Å². The molecule has 2 heterocycles. The van der Waals surface area contributed by atoms with Crippen molar-refractivity contribution >= 4 is 18.1 Å². The zero-order chi connectivity index (χ0) is 11.5. The van der Waals surface area contributed by atoms with Crippen molar-refractivity contribution in [1.82, 2.24) is 15.0 Å². The maximum atomic E-state index is 5.66. The zero-order valence-corrected chi connectivity index (χ0v) is 9.59. The first-order chi connectivity index (χ1) is 7.70. The molecule has 2 rings (SSSR count). The largest absolute Gasteiger partial charge is 0.368 e. The molecule has 6 heteroatoms. The molecule has 2 N–H and O–H groups in total. The summed E-state index contributed by atoms with van der Waals surface area (Å²) in [6, 6.07) is 0.288. The maximum Gasteiger partial charge on any atom is 0.251 e. The molecule has 6 nitrogen and oxygen atoms in total. The number of nitrogens with zero attached hydrogens (tertiary/aromatic N) is 5. The average molecular weight is 220 g/mol. The molecule has 0 saturated heterocycles. The molecule has 0 aliphatic carbocycles. The Balaban J connectivity index is 2.29. The van der Waals surface area contributed by atoms with Crippen LogP contribution in [0.15, 0.2) is 5.10 Å². The van der Waals surface area contributed by atoms with Gasteiger partial charge in [0.2, 0.25) is 5.95 Å². The molecule has 1 aliphatic heterocycles. The summed E-state index contributed by atoms with van der Waals surface area (Å²) < 4.78 is 0. The van der Waals surface area contributed by atoms with Gasteiger partial charge in [0.15, 0.2) is 0 Å². The fraction of sp³-hybridized carbons (Fsp3) is 0.600. The molecule has 1 atom stereocenters. The standard InChI is InChI=1S/C10H16N6/c1-3-4-8-13-9(11)15-10(14-8)16-7(2)5-6-12-16/h6-7H,3-5H2,1-2H3,(H2,11,13,14,15). The minimum absolute atomic E-state index is 0.266. The smallest absolute Gasteiger partial charge is 0.251 e. The van der Waals surface area contributed by atoms with Gasteiger partial charge < -0.3 is 5.73 Å². The van der Waals surface area contributed by atoms with Gasteiger partial charge in [0.25, 0.3) is 5.95 Å². The summed E-state index contributed by atoms with van der Waals surface area (Å²) >= 11 is 0. The highest BCUT2D eigenvalue weighted by atomic mass is 15.5. The van der Waals surface area contributed by atoms with E-state index in [4.69, 9.17) is 5.73 Å². The summed E-state index contributed by atoms with van der Waals surface area (Å²) in [6.07, 6.45) is 4.58. The first-order valence-corrected chi connectivity index (χ1v) is 5.52. The first kappa shape index (κ1) is 10.8. The first-order valence-electron chi connectivity index (χ1n) is 5.52. The number of nitrogens with two attached hydrogens (primary N) is 1. The zero-order valence-electron chi connectivity index (χ0n) is 9.59. The molecule has 0 spiro atoms. The highest BCUT2D eigenvalue weighted by molar-refractivity contribution is 5.64. The summed E-state index contributed by atoms with van der Waals surface area (Å²) in [6.45, 7) is 4.16. The van der Waals surface area contributed by atoms with Crippen molar-refractivity contribution < 1.29 is 0 Å². The van der Waals surface area contributed by atoms with Gasteiger partial charge in [-0.25, -0.2) is 5.01 Å². The lowest BCUT2D eigenvalue weighted by Crippen LogP contribution is -2.25. The summed E-state index contributed by atoms with van der Waals surface area (Å²) in [5.41, 5.74) is 5.66. The summed E-state index contributed by atoms with van der Waals surface area (Å²) in [7, 11) is 0. The van der Waals surface area contributed by atoms with Crippen LogP contribution in [0.25, 0.3) is 0 Å². The molecule has 16 heavy (non-hydrogen) atoms. The van der Waals surface area contributed by atoms with Crippen molar-refractivity contribution in [3.63, 3.8) is 0 Å². The molecule has 0 aromatic carbocycles. The minimum atomic E-state index is 0.266. The quantitative estimate of drug-likeness (QED) is 0.821. The van der Waals surface area contributed by atoms with Gasteiger partial charge in [-0.3, -0.25) is 0 Å². The van der Waals surface area contributed by atoms with Crippen LogP contribution >= 0.6 is 0 Å². The fourth-order valence-electron chi connectivity index (χ4n) is 1.61. The Morgan fingerprint density at radius 2 is 2.25 bits per heavy atom. The van der Waals surface area contributed by atoms with E-state index in [2.05, 4.69) is 33.9 Å². The van der Waals surface area contributed by atoms with E-state index in [1.54, 1.807) is 5.01 Å². The van der Waals surface area contributed by atoms with E-state index in [-0.39, 0.29) is 12.0 Å². The third-order valence-electron chi connectivity index (χ3n) is 2.44. The Kier molecular flexibility index (Phi) is 2.98. The van der Waals surface area contributed by atoms with E-state index in [0.29, 0.717) is 5.95 Å². The Labute approximate surface area is 94.6 Å². The highest BCUT2D eigenvalue weighted by Gasteiger charge is 2.21. The van der Waals surface area contributed by atoms with Crippen molar-refractivity contribution in [3.8, 4) is 0 Å². The highest BCUT2D eigenvalue weighted by Crippen LogP contribution is 2.18. The van der Waals surface area contributed by atoms with Crippen LogP contribution in [0.4, 0.5) is 11.9 Å². The van der Waals surface area contributed by atoms with Gasteiger partial charge in [-0.1, -0.05) is 6.92 Å². The molecule has 0 fully saturated rings. The number of hydrogen-bond donors (Lipinski definition) is 1. The lowest BCUT2D eigenvalue weighted by molar-refractivity contribution is 0.689. The molecular weight excluding hydrogens is 204 g/mol. The average Bonchev–Trinajstić information content (AvgIpc) is 2.64. The van der Waals surface area contributed by atoms with Crippen molar-refractivity contribution in [3.05, 3.63) is 5.82 Å². The van der Waals surface area contributed by atoms with Crippen molar-refractivity contribution in [2.24, 2.45) is 5.10 Å². The predicted octanol–water partition coefficient (Wildman–Crippen LogP) is 0.991. The maximum absolute atomic E-state index is 5.66. The molecule has 0 saturated carbocycles. The summed E-state index contributed by atoms with van der Waals surface area (Å²) in [4.78, 5) is 12.6. The lowest BCUT2D eigenvalue weighted by Gasteiger charge is -2.18.